The van der Waals surface area contributed by atoms with Crippen molar-refractivity contribution >= 4 is 22.6 Å². The molecule has 3 aromatic rings. The summed E-state index contributed by atoms with van der Waals surface area (Å²) >= 11 is 0. The largest absolute Gasteiger partial charge is 0.378 e. The van der Waals surface area contributed by atoms with Crippen molar-refractivity contribution in [1.82, 2.24) is 15.7 Å². The lowest BCUT2D eigenvalue weighted by Crippen LogP contribution is -2.43. The van der Waals surface area contributed by atoms with E-state index in [2.05, 4.69) is 72.3 Å². The number of nitrogens with zero attached hydrogens (tertiary/aromatic N) is 1. The molecule has 3 aromatic carbocycles. The molecule has 1 aliphatic carbocycles. The maximum absolute atomic E-state index is 12.5. The van der Waals surface area contributed by atoms with E-state index in [-0.39, 0.29) is 24.5 Å². The second-order valence-electron chi connectivity index (χ2n) is 10.4. The molecule has 3 atom stereocenters. The molecule has 200 valence electrons. The molecule has 5 rings (SSSR count). The summed E-state index contributed by atoms with van der Waals surface area (Å²) in [5.41, 5.74) is 5.51. The monoisotopic (exact) mass is 515 g/mol. The molecule has 1 saturated heterocycles. The normalized spacial score (nSPS) is 20.7. The molecule has 7 nitrogen and oxygen atoms in total. The van der Waals surface area contributed by atoms with E-state index in [0.29, 0.717) is 43.8 Å². The fourth-order valence-electron chi connectivity index (χ4n) is 5.75. The molecular formula is C31H37N3O4. The number of fused-ring (bicyclic) bond motifs is 1. The van der Waals surface area contributed by atoms with E-state index in [9.17, 15) is 9.59 Å². The predicted molar refractivity (Wildman–Crippen MR) is 148 cm³/mol. The molecule has 1 aliphatic heterocycles. The number of hydrogen-bond acceptors (Lipinski definition) is 5. The van der Waals surface area contributed by atoms with E-state index in [1.54, 1.807) is 4.90 Å². The van der Waals surface area contributed by atoms with Gasteiger partial charge in [-0.25, -0.2) is 5.48 Å². The van der Waals surface area contributed by atoms with Gasteiger partial charge in [-0.1, -0.05) is 61.0 Å². The fraction of sp³-hybridized carbons (Fsp3) is 0.419. The Morgan fingerprint density at radius 1 is 1.00 bits per heavy atom. The predicted octanol–water partition coefficient (Wildman–Crippen LogP) is 4.74. The number of rotatable bonds is 8. The van der Waals surface area contributed by atoms with Gasteiger partial charge in [0.05, 0.1) is 13.2 Å². The summed E-state index contributed by atoms with van der Waals surface area (Å²) < 4.78 is 5.25. The lowest BCUT2D eigenvalue weighted by atomic mass is 9.80. The van der Waals surface area contributed by atoms with E-state index in [0.717, 1.165) is 12.8 Å². The van der Waals surface area contributed by atoms with Gasteiger partial charge in [-0.05, 0) is 66.1 Å². The molecule has 0 bridgehead atoms. The maximum Gasteiger partial charge on any atom is 0.274 e. The van der Waals surface area contributed by atoms with Crippen LogP contribution >= 0.6 is 0 Å². The number of hydrogen-bond donors (Lipinski definition) is 2. The molecule has 2 N–H and O–H groups in total. The average molecular weight is 516 g/mol. The minimum absolute atomic E-state index is 0.154. The van der Waals surface area contributed by atoms with Crippen molar-refractivity contribution in [3.63, 3.8) is 0 Å². The van der Waals surface area contributed by atoms with Crippen LogP contribution in [0.1, 0.15) is 66.1 Å². The molecule has 7 heteroatoms. The van der Waals surface area contributed by atoms with Crippen molar-refractivity contribution in [3.8, 4) is 0 Å². The van der Waals surface area contributed by atoms with Gasteiger partial charge >= 0.3 is 0 Å². The minimum atomic E-state index is -0.349. The highest BCUT2D eigenvalue weighted by molar-refractivity contribution is 5.93. The Morgan fingerprint density at radius 2 is 1.76 bits per heavy atom. The van der Waals surface area contributed by atoms with Crippen LogP contribution < -0.4 is 10.8 Å². The van der Waals surface area contributed by atoms with Crippen LogP contribution in [-0.4, -0.2) is 55.7 Å². The Labute approximate surface area is 224 Å². The van der Waals surface area contributed by atoms with Crippen molar-refractivity contribution in [3.05, 3.63) is 83.4 Å². The van der Waals surface area contributed by atoms with Gasteiger partial charge < -0.3 is 15.0 Å². The van der Waals surface area contributed by atoms with Crippen LogP contribution in [0.25, 0.3) is 10.8 Å². The number of benzene rings is 3. The van der Waals surface area contributed by atoms with Crippen molar-refractivity contribution in [2.24, 2.45) is 0 Å². The zero-order valence-electron chi connectivity index (χ0n) is 22.0. The molecule has 2 amide bonds. The number of hydroxylamine groups is 1. The first kappa shape index (κ1) is 26.4. The van der Waals surface area contributed by atoms with E-state index in [1.807, 2.05) is 12.1 Å². The molecule has 1 heterocycles. The van der Waals surface area contributed by atoms with Crippen molar-refractivity contribution in [1.29, 1.82) is 0 Å². The van der Waals surface area contributed by atoms with Gasteiger partial charge in [0.2, 0.25) is 0 Å². The number of carbonyl (C=O) groups is 2. The molecule has 0 spiro atoms. The van der Waals surface area contributed by atoms with Gasteiger partial charge in [0.25, 0.3) is 11.8 Å². The van der Waals surface area contributed by atoms with Crippen LogP contribution in [0.5, 0.6) is 0 Å². The molecule has 2 fully saturated rings. The van der Waals surface area contributed by atoms with Crippen LogP contribution in [0.3, 0.4) is 0 Å². The van der Waals surface area contributed by atoms with Crippen LogP contribution in [0, 0.1) is 0 Å². The van der Waals surface area contributed by atoms with Gasteiger partial charge in [0, 0.05) is 30.7 Å². The van der Waals surface area contributed by atoms with E-state index < -0.39 is 0 Å². The molecule has 0 aromatic heterocycles. The summed E-state index contributed by atoms with van der Waals surface area (Å²) in [6.45, 7) is 4.25. The fourth-order valence-corrected chi connectivity index (χ4v) is 5.75. The van der Waals surface area contributed by atoms with Crippen molar-refractivity contribution in [2.45, 2.75) is 50.6 Å². The first-order valence-corrected chi connectivity index (χ1v) is 13.7. The van der Waals surface area contributed by atoms with E-state index >= 15 is 0 Å². The number of ether oxygens (including phenoxy) is 1. The van der Waals surface area contributed by atoms with Crippen LogP contribution in [0.2, 0.25) is 0 Å². The number of carbonyl (C=O) groups excluding carboxylic acids is 2. The second-order valence-corrected chi connectivity index (χ2v) is 10.4. The average Bonchev–Trinajstić information content (AvgIpc) is 2.97. The van der Waals surface area contributed by atoms with Gasteiger partial charge in [-0.2, -0.15) is 0 Å². The van der Waals surface area contributed by atoms with Crippen LogP contribution in [0.15, 0.2) is 66.7 Å². The Morgan fingerprint density at radius 3 is 2.58 bits per heavy atom. The third-order valence-electron chi connectivity index (χ3n) is 7.82. The first-order chi connectivity index (χ1) is 18.6. The first-order valence-electron chi connectivity index (χ1n) is 13.7. The third-order valence-corrected chi connectivity index (χ3v) is 7.82. The van der Waals surface area contributed by atoms with Crippen molar-refractivity contribution in [2.75, 3.05) is 32.9 Å². The van der Waals surface area contributed by atoms with Gasteiger partial charge in [0.15, 0.2) is 6.61 Å². The van der Waals surface area contributed by atoms with Crippen molar-refractivity contribution < 1.29 is 19.2 Å². The summed E-state index contributed by atoms with van der Waals surface area (Å²) in [4.78, 5) is 31.5. The molecule has 0 radical (unpaired) electrons. The quantitative estimate of drug-likeness (QED) is 0.424. The summed E-state index contributed by atoms with van der Waals surface area (Å²) in [5, 5.41) is 6.48. The highest BCUT2D eigenvalue weighted by atomic mass is 16.7. The lowest BCUT2D eigenvalue weighted by molar-refractivity contribution is -0.142. The Kier molecular flexibility index (Phi) is 8.68. The molecule has 1 saturated carbocycles. The zero-order valence-corrected chi connectivity index (χ0v) is 22.0. The highest BCUT2D eigenvalue weighted by Crippen LogP contribution is 2.34. The summed E-state index contributed by atoms with van der Waals surface area (Å²) in [7, 11) is 0. The second kappa shape index (κ2) is 12.5. The van der Waals surface area contributed by atoms with Gasteiger partial charge in [0.1, 0.15) is 0 Å². The molecule has 0 unspecified atom stereocenters. The maximum atomic E-state index is 12.5. The van der Waals surface area contributed by atoms with Crippen LogP contribution in [0.4, 0.5) is 0 Å². The Bertz CT molecular complexity index is 1230. The molecule has 2 aliphatic rings. The molecule has 38 heavy (non-hydrogen) atoms. The molecular weight excluding hydrogens is 478 g/mol. The lowest BCUT2D eigenvalue weighted by Gasteiger charge is -2.32. The number of nitrogens with one attached hydrogen (secondary N) is 2. The Balaban J connectivity index is 1.13. The number of morpholine rings is 1. The topological polar surface area (TPSA) is 79.9 Å². The van der Waals surface area contributed by atoms with E-state index in [1.165, 1.54) is 34.7 Å². The highest BCUT2D eigenvalue weighted by Gasteiger charge is 2.25. The summed E-state index contributed by atoms with van der Waals surface area (Å²) in [6, 6.07) is 23.6. The SMILES string of the molecule is C[C@@H](N[C@H]1CCC[C@H](c2ccc(C(=O)NOCC(=O)N3CCOCC3)cc2)C1)c1cccc2ccccc12. The van der Waals surface area contributed by atoms with Gasteiger partial charge in [-0.3, -0.25) is 14.4 Å². The minimum Gasteiger partial charge on any atom is -0.378 e. The number of amides is 2. The standard InChI is InChI=1S/C31H37N3O4/c1-22(28-11-5-7-24-6-2-3-10-29(24)28)32-27-9-4-8-26(20-27)23-12-14-25(15-13-23)31(36)33-38-21-30(35)34-16-18-37-19-17-34/h2-3,5-7,10-15,22,26-27,32H,4,8-9,16-21H2,1H3,(H,33,36)/t22-,26+,27+/m1/s1. The van der Waals surface area contributed by atoms with Crippen LogP contribution in [-0.2, 0) is 14.4 Å². The summed E-state index contributed by atoms with van der Waals surface area (Å²) in [6.07, 6.45) is 4.58. The Hall–Kier alpha value is -3.26. The van der Waals surface area contributed by atoms with E-state index in [4.69, 9.17) is 9.57 Å². The van der Waals surface area contributed by atoms with Gasteiger partial charge in [-0.15, -0.1) is 0 Å². The zero-order chi connectivity index (χ0) is 26.3. The third kappa shape index (κ3) is 6.41. The smallest absolute Gasteiger partial charge is 0.274 e. The summed E-state index contributed by atoms with van der Waals surface area (Å²) in [5.74, 6) is -0.0434.